The maximum atomic E-state index is 12.6. The predicted molar refractivity (Wildman–Crippen MR) is 92.0 cm³/mol. The molecule has 1 saturated heterocycles. The molecule has 1 aromatic heterocycles. The molecule has 0 amide bonds. The lowest BCUT2D eigenvalue weighted by atomic mass is 10.1. The van der Waals surface area contributed by atoms with E-state index < -0.39 is 32.0 Å². The van der Waals surface area contributed by atoms with Gasteiger partial charge in [0.1, 0.15) is 0 Å². The molecule has 2 N–H and O–H groups in total. The van der Waals surface area contributed by atoms with Crippen LogP contribution in [0.3, 0.4) is 0 Å². The van der Waals surface area contributed by atoms with Crippen molar-refractivity contribution in [3.63, 3.8) is 0 Å². The minimum atomic E-state index is -3.81. The fourth-order valence-corrected chi connectivity index (χ4v) is 5.14. The van der Waals surface area contributed by atoms with Gasteiger partial charge in [0.15, 0.2) is 0 Å². The first-order chi connectivity index (χ1) is 11.7. The van der Waals surface area contributed by atoms with E-state index in [1.165, 1.54) is 32.6 Å². The zero-order chi connectivity index (χ0) is 18.2. The number of ether oxygens (including phenoxy) is 1. The van der Waals surface area contributed by atoms with Crippen LogP contribution in [0.5, 0.6) is 0 Å². The van der Waals surface area contributed by atoms with Crippen LogP contribution >= 0.6 is 0 Å². The number of H-pyrrole nitrogens is 1. The van der Waals surface area contributed by atoms with E-state index in [-0.39, 0.29) is 23.9 Å². The van der Waals surface area contributed by atoms with Crippen LogP contribution in [0.25, 0.3) is 11.0 Å². The van der Waals surface area contributed by atoms with Crippen LogP contribution in [-0.2, 0) is 24.8 Å². The molecule has 1 aliphatic heterocycles. The molecular weight excluding hydrogens is 368 g/mol. The van der Waals surface area contributed by atoms with Gasteiger partial charge < -0.3 is 9.72 Å². The van der Waals surface area contributed by atoms with Crippen LogP contribution in [0.4, 0.5) is 0 Å². The number of nitrogens with one attached hydrogen (secondary N) is 2. The Morgan fingerprint density at radius 3 is 2.76 bits per heavy atom. The van der Waals surface area contributed by atoms with E-state index in [0.29, 0.717) is 11.0 Å². The smallest absolute Gasteiger partial charge is 0.240 e. The zero-order valence-electron chi connectivity index (χ0n) is 13.8. The zero-order valence-corrected chi connectivity index (χ0v) is 15.5. The van der Waals surface area contributed by atoms with E-state index in [1.807, 2.05) is 0 Å². The van der Waals surface area contributed by atoms with E-state index in [1.54, 1.807) is 6.07 Å². The lowest BCUT2D eigenvalue weighted by Gasteiger charge is -2.21. The summed E-state index contributed by atoms with van der Waals surface area (Å²) in [7, 11) is -4.36. The molecule has 2 aromatic rings. The SMILES string of the molecule is CN(C)S(=O)(=O)C[C@@H]1COC[C@H]1NS(=O)(=O)c1ccc2nc[nH]c2c1. The molecule has 2 heterocycles. The van der Waals surface area contributed by atoms with Crippen LogP contribution in [-0.4, -0.2) is 70.2 Å². The van der Waals surface area contributed by atoms with E-state index in [9.17, 15) is 16.8 Å². The van der Waals surface area contributed by atoms with Gasteiger partial charge in [-0.2, -0.15) is 0 Å². The van der Waals surface area contributed by atoms with Crippen molar-refractivity contribution in [1.29, 1.82) is 0 Å². The number of rotatable bonds is 6. The van der Waals surface area contributed by atoms with Crippen molar-refractivity contribution in [1.82, 2.24) is 19.0 Å². The molecule has 3 rings (SSSR count). The fraction of sp³-hybridized carbons (Fsp3) is 0.500. The van der Waals surface area contributed by atoms with Crippen molar-refractivity contribution in [3.8, 4) is 0 Å². The Labute approximate surface area is 146 Å². The third-order valence-corrected chi connectivity index (χ3v) is 7.64. The van der Waals surface area contributed by atoms with Crippen molar-refractivity contribution >= 4 is 31.1 Å². The van der Waals surface area contributed by atoms with Gasteiger partial charge in [-0.3, -0.25) is 0 Å². The number of imidazole rings is 1. The summed E-state index contributed by atoms with van der Waals surface area (Å²) in [4.78, 5) is 7.01. The first-order valence-electron chi connectivity index (χ1n) is 7.62. The quantitative estimate of drug-likeness (QED) is 0.704. The lowest BCUT2D eigenvalue weighted by Crippen LogP contribution is -2.43. The summed E-state index contributed by atoms with van der Waals surface area (Å²) < 4.78 is 58.4. The van der Waals surface area contributed by atoms with Crippen LogP contribution in [0.2, 0.25) is 0 Å². The lowest BCUT2D eigenvalue weighted by molar-refractivity contribution is 0.185. The maximum absolute atomic E-state index is 12.6. The number of nitrogens with zero attached hydrogens (tertiary/aromatic N) is 2. The monoisotopic (exact) mass is 388 g/mol. The Kier molecular flexibility index (Phi) is 4.86. The molecular formula is C14H20N4O5S2. The van der Waals surface area contributed by atoms with Crippen molar-refractivity contribution < 1.29 is 21.6 Å². The molecule has 0 unspecified atom stereocenters. The van der Waals surface area contributed by atoms with E-state index in [2.05, 4.69) is 14.7 Å². The summed E-state index contributed by atoms with van der Waals surface area (Å²) in [5.74, 6) is -0.620. The average molecular weight is 388 g/mol. The Bertz CT molecular complexity index is 968. The topological polar surface area (TPSA) is 121 Å². The molecule has 0 radical (unpaired) electrons. The van der Waals surface area contributed by atoms with Gasteiger partial charge in [-0.05, 0) is 18.2 Å². The number of hydrogen-bond acceptors (Lipinski definition) is 6. The number of benzene rings is 1. The second-order valence-corrected chi connectivity index (χ2v) is 10.1. The van der Waals surface area contributed by atoms with Gasteiger partial charge in [0.05, 0.1) is 47.3 Å². The van der Waals surface area contributed by atoms with Gasteiger partial charge >= 0.3 is 0 Å². The van der Waals surface area contributed by atoms with Crippen molar-refractivity contribution in [2.45, 2.75) is 10.9 Å². The molecule has 0 spiro atoms. The van der Waals surface area contributed by atoms with E-state index in [0.717, 1.165) is 4.31 Å². The average Bonchev–Trinajstić information content (AvgIpc) is 3.15. The molecule has 1 aromatic carbocycles. The highest BCUT2D eigenvalue weighted by atomic mass is 32.2. The molecule has 25 heavy (non-hydrogen) atoms. The third kappa shape index (κ3) is 3.85. The first-order valence-corrected chi connectivity index (χ1v) is 10.7. The molecule has 1 aliphatic rings. The second kappa shape index (κ2) is 6.65. The minimum Gasteiger partial charge on any atom is -0.379 e. The highest BCUT2D eigenvalue weighted by Crippen LogP contribution is 2.21. The first kappa shape index (κ1) is 18.3. The number of aromatic amines is 1. The minimum absolute atomic E-state index is 0.0883. The Morgan fingerprint density at radius 2 is 2.04 bits per heavy atom. The van der Waals surface area contributed by atoms with Crippen molar-refractivity contribution in [2.75, 3.05) is 33.1 Å². The normalized spacial score (nSPS) is 22.0. The Hall–Kier alpha value is -1.53. The van der Waals surface area contributed by atoms with E-state index >= 15 is 0 Å². The summed E-state index contributed by atoms with van der Waals surface area (Å²) in [6, 6.07) is 3.97. The predicted octanol–water partition coefficient (Wildman–Crippen LogP) is -0.252. The molecule has 2 atom stereocenters. The molecule has 0 saturated carbocycles. The van der Waals surface area contributed by atoms with Crippen LogP contribution in [0.1, 0.15) is 0 Å². The van der Waals surface area contributed by atoms with Crippen LogP contribution in [0, 0.1) is 5.92 Å². The number of hydrogen-bond donors (Lipinski definition) is 2. The van der Waals surface area contributed by atoms with E-state index in [4.69, 9.17) is 4.74 Å². The van der Waals surface area contributed by atoms with Crippen molar-refractivity contribution in [3.05, 3.63) is 24.5 Å². The second-order valence-electron chi connectivity index (χ2n) is 6.17. The highest BCUT2D eigenvalue weighted by molar-refractivity contribution is 7.89. The van der Waals surface area contributed by atoms with Gasteiger partial charge in [0, 0.05) is 20.0 Å². The molecule has 9 nitrogen and oxygen atoms in total. The summed E-state index contributed by atoms with van der Waals surface area (Å²) in [5.41, 5.74) is 1.27. The summed E-state index contributed by atoms with van der Waals surface area (Å²) in [6.45, 7) is 0.332. The largest absolute Gasteiger partial charge is 0.379 e. The number of sulfonamides is 2. The molecule has 1 fully saturated rings. The van der Waals surface area contributed by atoms with Gasteiger partial charge in [0.2, 0.25) is 20.0 Å². The summed E-state index contributed by atoms with van der Waals surface area (Å²) >= 11 is 0. The number of fused-ring (bicyclic) bond motifs is 1. The Balaban J connectivity index is 1.79. The maximum Gasteiger partial charge on any atom is 0.240 e. The Morgan fingerprint density at radius 1 is 1.28 bits per heavy atom. The molecule has 138 valence electrons. The summed E-state index contributed by atoms with van der Waals surface area (Å²) in [6.07, 6.45) is 1.49. The standard InChI is InChI=1S/C14H20N4O5S2/c1-18(2)24(19,20)8-10-6-23-7-14(10)17-25(21,22)11-3-4-12-13(5-11)16-9-15-12/h3-5,9-10,14,17H,6-8H2,1-2H3,(H,15,16)/t10-,14+/m0/s1. The van der Waals surface area contributed by atoms with Gasteiger partial charge in [-0.1, -0.05) is 0 Å². The molecule has 0 aliphatic carbocycles. The highest BCUT2D eigenvalue weighted by Gasteiger charge is 2.36. The summed E-state index contributed by atoms with van der Waals surface area (Å²) in [5, 5.41) is 0. The van der Waals surface area contributed by atoms with Crippen molar-refractivity contribution in [2.24, 2.45) is 5.92 Å². The van der Waals surface area contributed by atoms with Gasteiger partial charge in [-0.25, -0.2) is 30.8 Å². The van der Waals surface area contributed by atoms with Gasteiger partial charge in [0.25, 0.3) is 0 Å². The fourth-order valence-electron chi connectivity index (χ4n) is 2.66. The van der Waals surface area contributed by atoms with Crippen LogP contribution in [0.15, 0.2) is 29.4 Å². The third-order valence-electron chi connectivity index (χ3n) is 4.19. The van der Waals surface area contributed by atoms with Crippen LogP contribution < -0.4 is 4.72 Å². The van der Waals surface area contributed by atoms with Gasteiger partial charge in [-0.15, -0.1) is 0 Å². The number of aromatic nitrogens is 2. The molecule has 11 heteroatoms. The molecule has 0 bridgehead atoms.